The molecule has 26 heavy (non-hydrogen) atoms. The van der Waals surface area contributed by atoms with Crippen molar-refractivity contribution >= 4 is 24.0 Å². The molecule has 10 nitrogen and oxygen atoms in total. The Labute approximate surface area is 148 Å². The van der Waals surface area contributed by atoms with Crippen LogP contribution in [0.15, 0.2) is 18.2 Å². The summed E-state index contributed by atoms with van der Waals surface area (Å²) >= 11 is 0. The first-order valence-corrected chi connectivity index (χ1v) is 7.69. The van der Waals surface area contributed by atoms with Crippen LogP contribution in [-0.4, -0.2) is 58.3 Å². The number of carboxylic acid groups (broad SMARTS) is 1. The Morgan fingerprint density at radius 1 is 1.35 bits per heavy atom. The number of aliphatic hydroxyl groups is 2. The van der Waals surface area contributed by atoms with Crippen LogP contribution in [0, 0.1) is 0 Å². The van der Waals surface area contributed by atoms with E-state index >= 15 is 0 Å². The van der Waals surface area contributed by atoms with Crippen LogP contribution in [0.4, 0.5) is 5.69 Å². The first-order chi connectivity index (χ1) is 12.3. The molecule has 1 fully saturated rings. The zero-order valence-electron chi connectivity index (χ0n) is 13.8. The number of ether oxygens (including phenoxy) is 3. The summed E-state index contributed by atoms with van der Waals surface area (Å²) in [6.45, 7) is 1.25. The molecule has 1 aromatic rings. The number of hydrogen-bond donors (Lipinski definition) is 4. The Bertz CT molecular complexity index is 678. The van der Waals surface area contributed by atoms with Crippen molar-refractivity contribution in [3.05, 3.63) is 23.8 Å². The third-order valence-electron chi connectivity index (χ3n) is 3.61. The van der Waals surface area contributed by atoms with E-state index in [0.29, 0.717) is 12.0 Å². The summed E-state index contributed by atoms with van der Waals surface area (Å²) in [5, 5.41) is 31.1. The molecule has 0 bridgehead atoms. The van der Waals surface area contributed by atoms with E-state index in [4.69, 9.17) is 19.3 Å². The largest absolute Gasteiger partial charge is 0.479 e. The van der Waals surface area contributed by atoms with Gasteiger partial charge in [0.15, 0.2) is 6.10 Å². The highest BCUT2D eigenvalue weighted by Gasteiger charge is 2.41. The second kappa shape index (κ2) is 8.61. The smallest absolute Gasteiger partial charge is 0.335 e. The highest BCUT2D eigenvalue weighted by Crippen LogP contribution is 2.30. The minimum absolute atomic E-state index is 0.0149. The van der Waals surface area contributed by atoms with Gasteiger partial charge in [0.1, 0.15) is 18.5 Å². The summed E-state index contributed by atoms with van der Waals surface area (Å²) < 4.78 is 15.5. The van der Waals surface area contributed by atoms with E-state index in [1.165, 1.54) is 19.1 Å². The molecule has 142 valence electrons. The Hall–Kier alpha value is -2.69. The van der Waals surface area contributed by atoms with Gasteiger partial charge in [0.05, 0.1) is 11.8 Å². The van der Waals surface area contributed by atoms with Gasteiger partial charge in [-0.1, -0.05) is 6.07 Å². The van der Waals surface area contributed by atoms with Crippen molar-refractivity contribution in [2.45, 2.75) is 44.6 Å². The summed E-state index contributed by atoms with van der Waals surface area (Å²) in [7, 11) is 0. The van der Waals surface area contributed by atoms with Crippen LogP contribution >= 0.6 is 0 Å². The third-order valence-corrected chi connectivity index (χ3v) is 3.61. The number of carboxylic acids is 1. The molecule has 1 aliphatic rings. The van der Waals surface area contributed by atoms with Crippen LogP contribution < -0.4 is 10.1 Å². The van der Waals surface area contributed by atoms with Gasteiger partial charge in [0, 0.05) is 13.3 Å². The molecule has 1 amide bonds. The summed E-state index contributed by atoms with van der Waals surface area (Å²) in [4.78, 5) is 32.8. The number of nitrogens with one attached hydrogen (secondary N) is 1. The lowest BCUT2D eigenvalue weighted by atomic mass is 10.0. The average Bonchev–Trinajstić information content (AvgIpc) is 2.57. The van der Waals surface area contributed by atoms with Crippen LogP contribution in [0.1, 0.15) is 18.9 Å². The summed E-state index contributed by atoms with van der Waals surface area (Å²) in [5.41, 5.74) is 0.777. The van der Waals surface area contributed by atoms with E-state index in [-0.39, 0.29) is 24.5 Å². The molecule has 10 heteroatoms. The number of benzene rings is 1. The van der Waals surface area contributed by atoms with Crippen molar-refractivity contribution in [2.75, 3.05) is 5.32 Å². The predicted octanol–water partition coefficient (Wildman–Crippen LogP) is -0.382. The first kappa shape index (κ1) is 19.6. The molecular formula is C16H19NO9. The molecule has 0 spiro atoms. The zero-order chi connectivity index (χ0) is 19.3. The fourth-order valence-corrected chi connectivity index (χ4v) is 2.39. The van der Waals surface area contributed by atoms with E-state index < -0.39 is 36.5 Å². The lowest BCUT2D eigenvalue weighted by Gasteiger charge is -2.35. The molecule has 1 aliphatic heterocycles. The van der Waals surface area contributed by atoms with Gasteiger partial charge >= 0.3 is 11.9 Å². The summed E-state index contributed by atoms with van der Waals surface area (Å²) in [6.07, 6.45) is -5.39. The highest BCUT2D eigenvalue weighted by atomic mass is 16.7. The monoisotopic (exact) mass is 369 g/mol. The molecule has 0 saturated carbocycles. The standard InChI is InChI=1S/C16H19NO9/c1-8(19)24-6-9-2-3-13(10(4-9)17-7-18)25-16-12(21)5-11(20)14(26-16)15(22)23/h2-4,7,11-12,14,16,20-21H,5-6H2,1H3,(H,17,18)(H,22,23)/t11-,12+,14-,16+/m0/s1. The second-order valence-corrected chi connectivity index (χ2v) is 5.62. The second-order valence-electron chi connectivity index (χ2n) is 5.62. The van der Waals surface area contributed by atoms with Crippen molar-refractivity contribution in [3.63, 3.8) is 0 Å². The fourth-order valence-electron chi connectivity index (χ4n) is 2.39. The van der Waals surface area contributed by atoms with Crippen LogP contribution in [0.3, 0.4) is 0 Å². The normalized spacial score (nSPS) is 25.2. The van der Waals surface area contributed by atoms with Gasteiger partial charge in [-0.15, -0.1) is 0 Å². The number of aliphatic hydroxyl groups excluding tert-OH is 2. The fraction of sp³-hybridized carbons (Fsp3) is 0.438. The lowest BCUT2D eigenvalue weighted by molar-refractivity contribution is -0.237. The number of carbonyl (C=O) groups excluding carboxylic acids is 2. The molecule has 1 heterocycles. The van der Waals surface area contributed by atoms with Crippen molar-refractivity contribution < 1.29 is 43.9 Å². The molecule has 1 saturated heterocycles. The van der Waals surface area contributed by atoms with Gasteiger partial charge in [-0.25, -0.2) is 4.79 Å². The van der Waals surface area contributed by atoms with Crippen molar-refractivity contribution in [3.8, 4) is 5.75 Å². The van der Waals surface area contributed by atoms with Crippen LogP contribution in [-0.2, 0) is 30.5 Å². The van der Waals surface area contributed by atoms with Gasteiger partial charge in [-0.3, -0.25) is 9.59 Å². The topological polar surface area (TPSA) is 152 Å². The lowest BCUT2D eigenvalue weighted by Crippen LogP contribution is -2.52. The van der Waals surface area contributed by atoms with E-state index in [1.807, 2.05) is 0 Å². The number of rotatable bonds is 7. The van der Waals surface area contributed by atoms with Crippen molar-refractivity contribution in [1.29, 1.82) is 0 Å². The summed E-state index contributed by atoms with van der Waals surface area (Å²) in [6, 6.07) is 4.50. The van der Waals surface area contributed by atoms with Gasteiger partial charge in [0.25, 0.3) is 0 Å². The van der Waals surface area contributed by atoms with E-state index in [0.717, 1.165) is 0 Å². The molecule has 2 rings (SSSR count). The highest BCUT2D eigenvalue weighted by molar-refractivity contribution is 5.76. The van der Waals surface area contributed by atoms with Crippen molar-refractivity contribution in [1.82, 2.24) is 0 Å². The molecule has 4 atom stereocenters. The number of esters is 1. The maximum absolute atomic E-state index is 11.1. The van der Waals surface area contributed by atoms with Gasteiger partial charge in [-0.2, -0.15) is 0 Å². The third kappa shape index (κ3) is 4.91. The number of amides is 1. The number of hydrogen-bond acceptors (Lipinski definition) is 8. The molecule has 0 radical (unpaired) electrons. The van der Waals surface area contributed by atoms with E-state index in [1.54, 1.807) is 6.07 Å². The van der Waals surface area contributed by atoms with Crippen LogP contribution in [0.25, 0.3) is 0 Å². The SMILES string of the molecule is CC(=O)OCc1ccc(O[C@@H]2O[C@H](C(=O)O)[C@@H](O)C[C@H]2O)c(NC=O)c1. The number of anilines is 1. The molecular weight excluding hydrogens is 350 g/mol. The van der Waals surface area contributed by atoms with E-state index in [9.17, 15) is 24.6 Å². The molecule has 1 aromatic carbocycles. The Kier molecular flexibility index (Phi) is 6.50. The minimum atomic E-state index is -1.55. The van der Waals surface area contributed by atoms with Gasteiger partial charge < -0.3 is 34.8 Å². The maximum Gasteiger partial charge on any atom is 0.335 e. The summed E-state index contributed by atoms with van der Waals surface area (Å²) in [5.74, 6) is -1.75. The Morgan fingerprint density at radius 2 is 2.08 bits per heavy atom. The zero-order valence-corrected chi connectivity index (χ0v) is 13.8. The number of carbonyl (C=O) groups is 3. The average molecular weight is 369 g/mol. The Morgan fingerprint density at radius 3 is 2.69 bits per heavy atom. The van der Waals surface area contributed by atoms with Gasteiger partial charge in [0.2, 0.25) is 12.7 Å². The molecule has 0 aromatic heterocycles. The van der Waals surface area contributed by atoms with Gasteiger partial charge in [-0.05, 0) is 17.7 Å². The quantitative estimate of drug-likeness (QED) is 0.372. The molecule has 0 aliphatic carbocycles. The molecule has 0 unspecified atom stereocenters. The van der Waals surface area contributed by atoms with Crippen LogP contribution in [0.5, 0.6) is 5.75 Å². The maximum atomic E-state index is 11.1. The van der Waals surface area contributed by atoms with Crippen LogP contribution in [0.2, 0.25) is 0 Å². The van der Waals surface area contributed by atoms with E-state index in [2.05, 4.69) is 5.32 Å². The minimum Gasteiger partial charge on any atom is -0.479 e. The predicted molar refractivity (Wildman–Crippen MR) is 85.2 cm³/mol. The molecule has 4 N–H and O–H groups in total. The number of aliphatic carboxylic acids is 1. The Balaban J connectivity index is 2.17. The van der Waals surface area contributed by atoms with Crippen molar-refractivity contribution in [2.24, 2.45) is 0 Å². The first-order valence-electron chi connectivity index (χ1n) is 7.69.